The third-order valence-electron chi connectivity index (χ3n) is 7.28. The van der Waals surface area contributed by atoms with Gasteiger partial charge in [0.25, 0.3) is 11.8 Å². The monoisotopic (exact) mass is 488 g/mol. The van der Waals surface area contributed by atoms with E-state index >= 15 is 0 Å². The summed E-state index contributed by atoms with van der Waals surface area (Å²) in [6.07, 6.45) is 1.32. The second kappa shape index (κ2) is 8.89. The van der Waals surface area contributed by atoms with Gasteiger partial charge in [-0.1, -0.05) is 25.1 Å². The fourth-order valence-corrected chi connectivity index (χ4v) is 5.53. The average Bonchev–Trinajstić information content (AvgIpc) is 3.23. The zero-order chi connectivity index (χ0) is 25.8. The summed E-state index contributed by atoms with van der Waals surface area (Å²) >= 11 is 0. The van der Waals surface area contributed by atoms with Crippen LogP contribution in [0.3, 0.4) is 0 Å². The molecular weight excluding hydrogens is 456 g/mol. The summed E-state index contributed by atoms with van der Waals surface area (Å²) in [5, 5.41) is 0.383. The van der Waals surface area contributed by atoms with Crippen LogP contribution in [0.25, 0.3) is 11.0 Å². The number of benzene rings is 2. The molecule has 0 saturated heterocycles. The zero-order valence-electron chi connectivity index (χ0n) is 21.5. The predicted molar refractivity (Wildman–Crippen MR) is 139 cm³/mol. The standard InChI is InChI=1S/C29H32N2O5/c1-6-12-30-22-11-8-7-10-21(22)29(28(30)34)24-25(32)20-15-18(4)19(5)16-23(20)36-26(24)27(33)31(29)13-9-14-35-17(2)3/h7-8,10-11,15-17H,6,9,12-14H2,1-5H3/t29-/m0/s1. The van der Waals surface area contributed by atoms with Crippen molar-refractivity contribution in [1.82, 2.24) is 4.90 Å². The quantitative estimate of drug-likeness (QED) is 0.451. The van der Waals surface area contributed by atoms with Crippen molar-refractivity contribution in [3.8, 4) is 0 Å². The molecule has 1 atom stereocenters. The molecule has 2 aliphatic heterocycles. The maximum Gasteiger partial charge on any atom is 0.291 e. The molecule has 5 rings (SSSR count). The molecule has 3 aromatic rings. The van der Waals surface area contributed by atoms with Crippen LogP contribution in [-0.4, -0.2) is 42.5 Å². The minimum absolute atomic E-state index is 0.0398. The summed E-state index contributed by atoms with van der Waals surface area (Å²) in [7, 11) is 0. The summed E-state index contributed by atoms with van der Waals surface area (Å²) in [6.45, 7) is 11.0. The van der Waals surface area contributed by atoms with E-state index in [1.165, 1.54) is 0 Å². The molecule has 0 bridgehead atoms. The molecule has 188 valence electrons. The number of carbonyl (C=O) groups excluding carboxylic acids is 2. The van der Waals surface area contributed by atoms with E-state index in [4.69, 9.17) is 9.15 Å². The fourth-order valence-electron chi connectivity index (χ4n) is 5.53. The number of aryl methyl sites for hydroxylation is 2. The first-order valence-corrected chi connectivity index (χ1v) is 12.7. The number of ether oxygens (including phenoxy) is 1. The van der Waals surface area contributed by atoms with E-state index in [2.05, 4.69) is 0 Å². The molecule has 2 aromatic carbocycles. The molecule has 0 aliphatic carbocycles. The van der Waals surface area contributed by atoms with Gasteiger partial charge in [-0.25, -0.2) is 0 Å². The number of para-hydroxylation sites is 1. The Bertz CT molecular complexity index is 1440. The Morgan fingerprint density at radius 3 is 2.47 bits per heavy atom. The van der Waals surface area contributed by atoms with Gasteiger partial charge in [-0.3, -0.25) is 14.4 Å². The highest BCUT2D eigenvalue weighted by molar-refractivity contribution is 6.17. The molecule has 7 heteroatoms. The van der Waals surface area contributed by atoms with Crippen molar-refractivity contribution in [3.63, 3.8) is 0 Å². The minimum Gasteiger partial charge on any atom is -0.450 e. The van der Waals surface area contributed by atoms with Gasteiger partial charge in [0, 0.05) is 25.3 Å². The molecule has 0 unspecified atom stereocenters. The topological polar surface area (TPSA) is 80.1 Å². The summed E-state index contributed by atoms with van der Waals surface area (Å²) in [4.78, 5) is 45.7. The van der Waals surface area contributed by atoms with Crippen LogP contribution >= 0.6 is 0 Å². The smallest absolute Gasteiger partial charge is 0.291 e. The lowest BCUT2D eigenvalue weighted by molar-refractivity contribution is -0.126. The fraction of sp³-hybridized carbons (Fsp3) is 0.414. The van der Waals surface area contributed by atoms with Gasteiger partial charge in [0.2, 0.25) is 5.76 Å². The van der Waals surface area contributed by atoms with E-state index in [1.807, 2.05) is 58.9 Å². The Morgan fingerprint density at radius 2 is 1.75 bits per heavy atom. The normalized spacial score (nSPS) is 18.7. The maximum absolute atomic E-state index is 14.4. The Morgan fingerprint density at radius 1 is 1.03 bits per heavy atom. The van der Waals surface area contributed by atoms with Crippen LogP contribution in [0.15, 0.2) is 45.6 Å². The molecule has 1 spiro atoms. The molecule has 2 aliphatic rings. The van der Waals surface area contributed by atoms with Crippen molar-refractivity contribution >= 4 is 28.5 Å². The van der Waals surface area contributed by atoms with Crippen molar-refractivity contribution in [1.29, 1.82) is 0 Å². The molecule has 1 aromatic heterocycles. The Labute approximate surface area is 210 Å². The number of carbonyl (C=O) groups is 2. The van der Waals surface area contributed by atoms with Crippen LogP contribution in [0.1, 0.15) is 66.4 Å². The molecule has 7 nitrogen and oxygen atoms in total. The second-order valence-corrected chi connectivity index (χ2v) is 9.98. The Balaban J connectivity index is 1.79. The lowest BCUT2D eigenvalue weighted by atomic mass is 9.83. The number of amides is 2. The summed E-state index contributed by atoms with van der Waals surface area (Å²) in [5.74, 6) is -0.756. The van der Waals surface area contributed by atoms with Crippen molar-refractivity contribution in [2.24, 2.45) is 0 Å². The van der Waals surface area contributed by atoms with E-state index in [0.717, 1.165) is 23.2 Å². The minimum atomic E-state index is -1.55. The third kappa shape index (κ3) is 3.33. The zero-order valence-corrected chi connectivity index (χ0v) is 21.5. The van der Waals surface area contributed by atoms with Gasteiger partial charge in [-0.05, 0) is 69.9 Å². The Hall–Kier alpha value is -3.45. The van der Waals surface area contributed by atoms with E-state index < -0.39 is 11.4 Å². The van der Waals surface area contributed by atoms with E-state index in [0.29, 0.717) is 36.1 Å². The van der Waals surface area contributed by atoms with E-state index in [9.17, 15) is 14.4 Å². The molecule has 2 amide bonds. The van der Waals surface area contributed by atoms with Crippen molar-refractivity contribution in [2.75, 3.05) is 24.6 Å². The molecule has 3 heterocycles. The molecule has 0 radical (unpaired) electrons. The highest BCUT2D eigenvalue weighted by atomic mass is 16.5. The second-order valence-electron chi connectivity index (χ2n) is 9.98. The average molecular weight is 489 g/mol. The predicted octanol–water partition coefficient (Wildman–Crippen LogP) is 4.68. The van der Waals surface area contributed by atoms with Gasteiger partial charge >= 0.3 is 0 Å². The largest absolute Gasteiger partial charge is 0.450 e. The number of hydrogen-bond acceptors (Lipinski definition) is 5. The first kappa shape index (κ1) is 24.3. The number of anilines is 1. The van der Waals surface area contributed by atoms with Gasteiger partial charge in [0.05, 0.1) is 22.7 Å². The SMILES string of the molecule is CCCN1C(=O)[C@]2(c3ccccc31)c1c(oc3cc(C)c(C)cc3c1=O)C(=O)N2CCCOC(C)C. The third-order valence-corrected chi connectivity index (χ3v) is 7.28. The number of fused-ring (bicyclic) bond motifs is 5. The van der Waals surface area contributed by atoms with E-state index in [1.54, 1.807) is 21.9 Å². The van der Waals surface area contributed by atoms with Crippen LogP contribution in [0.4, 0.5) is 5.69 Å². The van der Waals surface area contributed by atoms with Crippen LogP contribution < -0.4 is 10.3 Å². The van der Waals surface area contributed by atoms with E-state index in [-0.39, 0.29) is 35.3 Å². The van der Waals surface area contributed by atoms with Crippen LogP contribution in [-0.2, 0) is 15.1 Å². The summed E-state index contributed by atoms with van der Waals surface area (Å²) in [6, 6.07) is 11.1. The van der Waals surface area contributed by atoms with Crippen LogP contribution in [0.5, 0.6) is 0 Å². The Kier molecular flexibility index (Phi) is 5.99. The van der Waals surface area contributed by atoms with Crippen LogP contribution in [0.2, 0.25) is 0 Å². The lowest BCUT2D eigenvalue weighted by Crippen LogP contribution is -2.53. The van der Waals surface area contributed by atoms with Crippen molar-refractivity contribution < 1.29 is 18.7 Å². The molecule has 0 N–H and O–H groups in total. The lowest BCUT2D eigenvalue weighted by Gasteiger charge is -2.34. The highest BCUT2D eigenvalue weighted by Crippen LogP contribution is 2.52. The number of nitrogens with zero attached hydrogens (tertiary/aromatic N) is 2. The molecule has 36 heavy (non-hydrogen) atoms. The molecule has 0 saturated carbocycles. The first-order valence-electron chi connectivity index (χ1n) is 12.7. The van der Waals surface area contributed by atoms with Crippen molar-refractivity contribution in [2.45, 2.75) is 59.1 Å². The van der Waals surface area contributed by atoms with Gasteiger partial charge in [-0.2, -0.15) is 0 Å². The highest BCUT2D eigenvalue weighted by Gasteiger charge is 2.64. The first-order chi connectivity index (χ1) is 17.2. The van der Waals surface area contributed by atoms with Crippen LogP contribution in [0, 0.1) is 13.8 Å². The number of hydrogen-bond donors (Lipinski definition) is 0. The summed E-state index contributed by atoms with van der Waals surface area (Å²) in [5.41, 5.74) is 1.90. The number of rotatable bonds is 7. The summed E-state index contributed by atoms with van der Waals surface area (Å²) < 4.78 is 11.9. The maximum atomic E-state index is 14.4. The van der Waals surface area contributed by atoms with Gasteiger partial charge in [0.15, 0.2) is 11.0 Å². The molecule has 0 fully saturated rings. The van der Waals surface area contributed by atoms with Gasteiger partial charge in [0.1, 0.15) is 5.58 Å². The van der Waals surface area contributed by atoms with Gasteiger partial charge < -0.3 is 19.0 Å². The van der Waals surface area contributed by atoms with Crippen molar-refractivity contribution in [3.05, 3.63) is 74.6 Å². The van der Waals surface area contributed by atoms with Gasteiger partial charge in [-0.15, -0.1) is 0 Å². The molecular formula is C29H32N2O5.